The van der Waals surface area contributed by atoms with Crippen LogP contribution >= 0.6 is 0 Å². The van der Waals surface area contributed by atoms with E-state index in [4.69, 9.17) is 9.15 Å². The van der Waals surface area contributed by atoms with Crippen molar-refractivity contribution in [2.75, 3.05) is 6.61 Å². The summed E-state index contributed by atoms with van der Waals surface area (Å²) in [5.74, 6) is 0.753. The molecular weight excluding hydrogens is 288 g/mol. The molecule has 1 heterocycles. The summed E-state index contributed by atoms with van der Waals surface area (Å²) in [5, 5.41) is 13.5. The molecule has 0 radical (unpaired) electrons. The standard InChI is InChI=1S/C15H16N2O5/c1-10-8-12(5-6-13(10)17(19)20)22-9-15(18)16-11(2)14-4-3-7-21-14/h3-8,11H,9H2,1-2H3,(H,16,18). The monoisotopic (exact) mass is 304 g/mol. The molecule has 1 atom stereocenters. The molecule has 0 fully saturated rings. The smallest absolute Gasteiger partial charge is 0.272 e. The molecule has 2 rings (SSSR count). The first kappa shape index (κ1) is 15.6. The highest BCUT2D eigenvalue weighted by Crippen LogP contribution is 2.23. The van der Waals surface area contributed by atoms with Crippen molar-refractivity contribution in [3.8, 4) is 5.75 Å². The van der Waals surface area contributed by atoms with Crippen molar-refractivity contribution in [3.63, 3.8) is 0 Å². The minimum absolute atomic E-state index is 0.0169. The zero-order valence-corrected chi connectivity index (χ0v) is 12.2. The van der Waals surface area contributed by atoms with Crippen LogP contribution in [0.3, 0.4) is 0 Å². The molecule has 0 spiro atoms. The summed E-state index contributed by atoms with van der Waals surface area (Å²) in [6.07, 6.45) is 1.54. The normalized spacial score (nSPS) is 11.7. The van der Waals surface area contributed by atoms with Gasteiger partial charge in [-0.3, -0.25) is 14.9 Å². The number of benzene rings is 1. The third-order valence-corrected chi connectivity index (χ3v) is 3.08. The van der Waals surface area contributed by atoms with E-state index in [0.717, 1.165) is 0 Å². The fourth-order valence-corrected chi connectivity index (χ4v) is 1.96. The number of ether oxygens (including phenoxy) is 1. The molecule has 0 aliphatic carbocycles. The van der Waals surface area contributed by atoms with E-state index in [1.165, 1.54) is 24.5 Å². The van der Waals surface area contributed by atoms with Crippen LogP contribution in [0.4, 0.5) is 5.69 Å². The molecule has 22 heavy (non-hydrogen) atoms. The van der Waals surface area contributed by atoms with Crippen molar-refractivity contribution in [2.24, 2.45) is 0 Å². The predicted molar refractivity (Wildman–Crippen MR) is 78.6 cm³/mol. The molecule has 0 saturated carbocycles. The van der Waals surface area contributed by atoms with Crippen LogP contribution in [0.1, 0.15) is 24.3 Å². The molecular formula is C15H16N2O5. The van der Waals surface area contributed by atoms with Crippen LogP contribution < -0.4 is 10.1 Å². The molecule has 2 aromatic rings. The number of furan rings is 1. The van der Waals surface area contributed by atoms with Crippen molar-refractivity contribution < 1.29 is 18.9 Å². The van der Waals surface area contributed by atoms with Crippen molar-refractivity contribution in [1.82, 2.24) is 5.32 Å². The molecule has 0 aliphatic heterocycles. The Labute approximate surface area is 127 Å². The Morgan fingerprint density at radius 2 is 2.23 bits per heavy atom. The van der Waals surface area contributed by atoms with Crippen LogP contribution in [0.2, 0.25) is 0 Å². The van der Waals surface area contributed by atoms with Gasteiger partial charge in [0.05, 0.1) is 17.2 Å². The SMILES string of the molecule is Cc1cc(OCC(=O)NC(C)c2ccco2)ccc1[N+](=O)[O-]. The van der Waals surface area contributed by atoms with Gasteiger partial charge in [-0.25, -0.2) is 0 Å². The molecule has 0 aliphatic rings. The number of carbonyl (C=O) groups is 1. The molecule has 7 heteroatoms. The van der Waals surface area contributed by atoms with Gasteiger partial charge in [0, 0.05) is 11.6 Å². The lowest BCUT2D eigenvalue weighted by atomic mass is 10.2. The van der Waals surface area contributed by atoms with E-state index in [1.54, 1.807) is 26.0 Å². The summed E-state index contributed by atoms with van der Waals surface area (Å²) in [5.41, 5.74) is 0.495. The summed E-state index contributed by atoms with van der Waals surface area (Å²) >= 11 is 0. The topological polar surface area (TPSA) is 94.6 Å². The van der Waals surface area contributed by atoms with E-state index < -0.39 is 4.92 Å². The van der Waals surface area contributed by atoms with Gasteiger partial charge in [-0.15, -0.1) is 0 Å². The van der Waals surface area contributed by atoms with Crippen LogP contribution in [0, 0.1) is 17.0 Å². The van der Waals surface area contributed by atoms with E-state index in [0.29, 0.717) is 17.1 Å². The highest BCUT2D eigenvalue weighted by molar-refractivity contribution is 5.77. The minimum Gasteiger partial charge on any atom is -0.484 e. The molecule has 0 saturated heterocycles. The van der Waals surface area contributed by atoms with Gasteiger partial charge in [-0.1, -0.05) is 0 Å². The maximum atomic E-state index is 11.8. The summed E-state index contributed by atoms with van der Waals surface area (Å²) < 4.78 is 10.5. The quantitative estimate of drug-likeness (QED) is 0.654. The Bertz CT molecular complexity index is 667. The first-order chi connectivity index (χ1) is 10.5. The Kier molecular flexibility index (Phi) is 4.77. The fraction of sp³-hybridized carbons (Fsp3) is 0.267. The first-order valence-electron chi connectivity index (χ1n) is 6.68. The third-order valence-electron chi connectivity index (χ3n) is 3.08. The van der Waals surface area contributed by atoms with Crippen LogP contribution in [-0.4, -0.2) is 17.4 Å². The van der Waals surface area contributed by atoms with Crippen LogP contribution in [0.15, 0.2) is 41.0 Å². The van der Waals surface area contributed by atoms with E-state index in [1.807, 2.05) is 0 Å². The van der Waals surface area contributed by atoms with Gasteiger partial charge in [0.25, 0.3) is 11.6 Å². The molecule has 1 amide bonds. The van der Waals surface area contributed by atoms with Gasteiger partial charge in [0.1, 0.15) is 11.5 Å². The number of nitrogens with one attached hydrogen (secondary N) is 1. The number of nitro benzene ring substituents is 1. The Balaban J connectivity index is 1.88. The largest absolute Gasteiger partial charge is 0.484 e. The molecule has 1 unspecified atom stereocenters. The highest BCUT2D eigenvalue weighted by Gasteiger charge is 2.14. The fourth-order valence-electron chi connectivity index (χ4n) is 1.96. The van der Waals surface area contributed by atoms with Crippen LogP contribution in [0.25, 0.3) is 0 Å². The molecule has 1 aromatic heterocycles. The summed E-state index contributed by atoms with van der Waals surface area (Å²) in [4.78, 5) is 22.1. The predicted octanol–water partition coefficient (Wildman–Crippen LogP) is 2.75. The Morgan fingerprint density at radius 1 is 1.45 bits per heavy atom. The van der Waals surface area contributed by atoms with Gasteiger partial charge in [-0.05, 0) is 38.1 Å². The van der Waals surface area contributed by atoms with Crippen molar-refractivity contribution in [2.45, 2.75) is 19.9 Å². The zero-order chi connectivity index (χ0) is 16.1. The van der Waals surface area contributed by atoms with Gasteiger partial charge >= 0.3 is 0 Å². The Morgan fingerprint density at radius 3 is 2.82 bits per heavy atom. The van der Waals surface area contributed by atoms with Crippen molar-refractivity contribution in [3.05, 3.63) is 58.0 Å². The zero-order valence-electron chi connectivity index (χ0n) is 12.2. The van der Waals surface area contributed by atoms with Gasteiger partial charge in [-0.2, -0.15) is 0 Å². The number of nitrogens with zero attached hydrogens (tertiary/aromatic N) is 1. The number of aryl methyl sites for hydroxylation is 1. The first-order valence-corrected chi connectivity index (χ1v) is 6.68. The maximum Gasteiger partial charge on any atom is 0.272 e. The number of nitro groups is 1. The lowest BCUT2D eigenvalue weighted by Crippen LogP contribution is -2.31. The minimum atomic E-state index is -0.461. The summed E-state index contributed by atoms with van der Waals surface area (Å²) in [6.45, 7) is 3.24. The van der Waals surface area contributed by atoms with Gasteiger partial charge < -0.3 is 14.5 Å². The highest BCUT2D eigenvalue weighted by atomic mass is 16.6. The third kappa shape index (κ3) is 3.85. The second-order valence-corrected chi connectivity index (χ2v) is 4.80. The van der Waals surface area contributed by atoms with E-state index >= 15 is 0 Å². The lowest BCUT2D eigenvalue weighted by Gasteiger charge is -2.12. The lowest BCUT2D eigenvalue weighted by molar-refractivity contribution is -0.385. The van der Waals surface area contributed by atoms with Gasteiger partial charge in [0.2, 0.25) is 0 Å². The van der Waals surface area contributed by atoms with Crippen molar-refractivity contribution >= 4 is 11.6 Å². The molecule has 1 aromatic carbocycles. The summed E-state index contributed by atoms with van der Waals surface area (Å²) in [6, 6.07) is 7.60. The maximum absolute atomic E-state index is 11.8. The molecule has 0 bridgehead atoms. The van der Waals surface area contributed by atoms with E-state index in [9.17, 15) is 14.9 Å². The number of hydrogen-bond donors (Lipinski definition) is 1. The molecule has 1 N–H and O–H groups in total. The van der Waals surface area contributed by atoms with E-state index in [-0.39, 0.29) is 24.2 Å². The summed E-state index contributed by atoms with van der Waals surface area (Å²) in [7, 11) is 0. The Hall–Kier alpha value is -2.83. The number of hydrogen-bond acceptors (Lipinski definition) is 5. The van der Waals surface area contributed by atoms with Crippen molar-refractivity contribution in [1.29, 1.82) is 0 Å². The van der Waals surface area contributed by atoms with Crippen LogP contribution in [0.5, 0.6) is 5.75 Å². The average Bonchev–Trinajstić information content (AvgIpc) is 2.99. The second kappa shape index (κ2) is 6.75. The van der Waals surface area contributed by atoms with Gasteiger partial charge in [0.15, 0.2) is 6.61 Å². The number of rotatable bonds is 6. The molecule has 7 nitrogen and oxygen atoms in total. The average molecular weight is 304 g/mol. The van der Waals surface area contributed by atoms with Crippen LogP contribution in [-0.2, 0) is 4.79 Å². The van der Waals surface area contributed by atoms with E-state index in [2.05, 4.69) is 5.32 Å². The number of carbonyl (C=O) groups excluding carboxylic acids is 1. The number of amides is 1. The second-order valence-electron chi connectivity index (χ2n) is 4.80. The molecule has 116 valence electrons.